The first kappa shape index (κ1) is 17.8. The molecule has 0 saturated heterocycles. The number of nitrogens with one attached hydrogen (secondary N) is 1. The smallest absolute Gasteiger partial charge is 0.331 e. The van der Waals surface area contributed by atoms with Gasteiger partial charge in [-0.3, -0.25) is 4.79 Å². The van der Waals surface area contributed by atoms with Crippen LogP contribution in [-0.4, -0.2) is 18.0 Å². The molecule has 0 aliphatic heterocycles. The number of benzene rings is 2. The minimum Gasteiger partial charge on any atom is -0.449 e. The summed E-state index contributed by atoms with van der Waals surface area (Å²) in [7, 11) is 0. The molecule has 2 aromatic rings. The number of rotatable bonds is 5. The molecule has 0 spiro atoms. The lowest BCUT2D eigenvalue weighted by Crippen LogP contribution is -2.29. The van der Waals surface area contributed by atoms with Gasteiger partial charge in [-0.1, -0.05) is 48.0 Å². The molecule has 24 heavy (non-hydrogen) atoms. The van der Waals surface area contributed by atoms with Gasteiger partial charge in [-0.2, -0.15) is 0 Å². The summed E-state index contributed by atoms with van der Waals surface area (Å²) in [6.07, 6.45) is 2.01. The zero-order valence-electron chi connectivity index (χ0n) is 13.5. The highest BCUT2D eigenvalue weighted by Crippen LogP contribution is 2.20. The number of anilines is 1. The minimum atomic E-state index is -0.920. The Bertz CT molecular complexity index is 756. The van der Waals surface area contributed by atoms with Crippen molar-refractivity contribution < 1.29 is 14.3 Å². The normalized spacial score (nSPS) is 12.0. The van der Waals surface area contributed by atoms with Gasteiger partial charge < -0.3 is 10.1 Å². The second kappa shape index (κ2) is 8.31. The fourth-order valence-corrected chi connectivity index (χ4v) is 2.13. The zero-order valence-corrected chi connectivity index (χ0v) is 14.2. The van der Waals surface area contributed by atoms with Crippen molar-refractivity contribution in [2.75, 3.05) is 5.32 Å². The maximum atomic E-state index is 12.1. The van der Waals surface area contributed by atoms with Gasteiger partial charge in [0, 0.05) is 16.8 Å². The predicted molar refractivity (Wildman–Crippen MR) is 95.8 cm³/mol. The summed E-state index contributed by atoms with van der Waals surface area (Å²) in [6, 6.07) is 14.5. The Kier molecular flexibility index (Phi) is 6.15. The summed E-state index contributed by atoms with van der Waals surface area (Å²) in [6.45, 7) is 3.37. The first-order valence-corrected chi connectivity index (χ1v) is 7.84. The molecule has 1 N–H and O–H groups in total. The van der Waals surface area contributed by atoms with Crippen LogP contribution in [0.4, 0.5) is 5.69 Å². The molecule has 0 fully saturated rings. The van der Waals surface area contributed by atoms with Crippen LogP contribution in [0.2, 0.25) is 5.02 Å². The monoisotopic (exact) mass is 343 g/mol. The quantitative estimate of drug-likeness (QED) is 0.652. The van der Waals surface area contributed by atoms with Crippen molar-refractivity contribution in [2.45, 2.75) is 20.0 Å². The van der Waals surface area contributed by atoms with Gasteiger partial charge in [0.2, 0.25) is 0 Å². The Balaban J connectivity index is 1.92. The van der Waals surface area contributed by atoms with Gasteiger partial charge in [0.1, 0.15) is 0 Å². The molecule has 0 saturated carbocycles. The van der Waals surface area contributed by atoms with Crippen LogP contribution in [0, 0.1) is 6.92 Å². The van der Waals surface area contributed by atoms with Crippen molar-refractivity contribution in [1.29, 1.82) is 0 Å². The molecule has 5 heteroatoms. The van der Waals surface area contributed by atoms with E-state index < -0.39 is 18.0 Å². The number of hydrogen-bond donors (Lipinski definition) is 1. The van der Waals surface area contributed by atoms with Crippen molar-refractivity contribution in [3.63, 3.8) is 0 Å². The third-order valence-electron chi connectivity index (χ3n) is 3.33. The van der Waals surface area contributed by atoms with E-state index in [-0.39, 0.29) is 0 Å². The second-order valence-electron chi connectivity index (χ2n) is 5.27. The molecule has 0 heterocycles. The van der Waals surface area contributed by atoms with Crippen molar-refractivity contribution in [1.82, 2.24) is 0 Å². The van der Waals surface area contributed by atoms with Gasteiger partial charge in [0.15, 0.2) is 6.10 Å². The summed E-state index contributed by atoms with van der Waals surface area (Å²) in [5, 5.41) is 3.23. The van der Waals surface area contributed by atoms with E-state index in [4.69, 9.17) is 16.3 Å². The third-order valence-corrected chi connectivity index (χ3v) is 3.57. The Morgan fingerprint density at radius 3 is 2.58 bits per heavy atom. The van der Waals surface area contributed by atoms with Crippen LogP contribution in [0.5, 0.6) is 0 Å². The number of ether oxygens (including phenoxy) is 1. The standard InChI is InChI=1S/C19H18ClNO3/c1-13-8-10-16(20)12-17(13)21-19(23)14(2)24-18(22)11-9-15-6-4-3-5-7-15/h3-12,14H,1-2H3,(H,21,23). The summed E-state index contributed by atoms with van der Waals surface area (Å²) >= 11 is 5.92. The van der Waals surface area contributed by atoms with Gasteiger partial charge in [-0.25, -0.2) is 4.79 Å². The molecule has 1 unspecified atom stereocenters. The Morgan fingerprint density at radius 1 is 1.17 bits per heavy atom. The molecule has 0 aliphatic carbocycles. The minimum absolute atomic E-state index is 0.415. The molecular weight excluding hydrogens is 326 g/mol. The SMILES string of the molecule is Cc1ccc(Cl)cc1NC(=O)C(C)OC(=O)C=Cc1ccccc1. The number of aryl methyl sites for hydroxylation is 1. The fourth-order valence-electron chi connectivity index (χ4n) is 1.96. The van der Waals surface area contributed by atoms with E-state index in [9.17, 15) is 9.59 Å². The number of halogens is 1. The van der Waals surface area contributed by atoms with Gasteiger partial charge in [-0.05, 0) is 43.2 Å². The molecule has 124 valence electrons. The van der Waals surface area contributed by atoms with Crippen LogP contribution < -0.4 is 5.32 Å². The van der Waals surface area contributed by atoms with Crippen LogP contribution in [0.15, 0.2) is 54.6 Å². The van der Waals surface area contributed by atoms with Crippen molar-refractivity contribution in [3.05, 3.63) is 70.8 Å². The average Bonchev–Trinajstić information content (AvgIpc) is 2.57. The largest absolute Gasteiger partial charge is 0.449 e. The van der Waals surface area contributed by atoms with Crippen molar-refractivity contribution >= 4 is 35.2 Å². The zero-order chi connectivity index (χ0) is 17.5. The summed E-state index contributed by atoms with van der Waals surface area (Å²) in [4.78, 5) is 23.9. The highest BCUT2D eigenvalue weighted by atomic mass is 35.5. The molecule has 0 radical (unpaired) electrons. The highest BCUT2D eigenvalue weighted by Gasteiger charge is 2.17. The van der Waals surface area contributed by atoms with E-state index >= 15 is 0 Å². The Hall–Kier alpha value is -2.59. The molecule has 1 atom stereocenters. The second-order valence-corrected chi connectivity index (χ2v) is 5.71. The van der Waals surface area contributed by atoms with Gasteiger partial charge in [-0.15, -0.1) is 0 Å². The summed E-state index contributed by atoms with van der Waals surface area (Å²) in [5.74, 6) is -0.994. The number of carbonyl (C=O) groups excluding carboxylic acids is 2. The van der Waals surface area contributed by atoms with Gasteiger partial charge in [0.05, 0.1) is 0 Å². The van der Waals surface area contributed by atoms with E-state index in [1.54, 1.807) is 24.3 Å². The van der Waals surface area contributed by atoms with E-state index in [1.165, 1.54) is 13.0 Å². The van der Waals surface area contributed by atoms with Crippen LogP contribution >= 0.6 is 11.6 Å². The first-order chi connectivity index (χ1) is 11.5. The molecule has 2 rings (SSSR count). The Labute approximate surface area is 146 Å². The van der Waals surface area contributed by atoms with Crippen LogP contribution in [0.25, 0.3) is 6.08 Å². The first-order valence-electron chi connectivity index (χ1n) is 7.46. The number of amides is 1. The van der Waals surface area contributed by atoms with E-state index in [1.807, 2.05) is 37.3 Å². The lowest BCUT2D eigenvalue weighted by molar-refractivity contribution is -0.148. The van der Waals surface area contributed by atoms with Crippen molar-refractivity contribution in [2.24, 2.45) is 0 Å². The number of carbonyl (C=O) groups is 2. The lowest BCUT2D eigenvalue weighted by Gasteiger charge is -2.14. The molecule has 0 aromatic heterocycles. The van der Waals surface area contributed by atoms with Crippen LogP contribution in [0.3, 0.4) is 0 Å². The average molecular weight is 344 g/mol. The highest BCUT2D eigenvalue weighted by molar-refractivity contribution is 6.31. The van der Waals surface area contributed by atoms with Gasteiger partial charge >= 0.3 is 5.97 Å². The van der Waals surface area contributed by atoms with E-state index in [0.717, 1.165) is 11.1 Å². The predicted octanol–water partition coefficient (Wildman–Crippen LogP) is 4.23. The maximum absolute atomic E-state index is 12.1. The molecule has 4 nitrogen and oxygen atoms in total. The molecule has 0 aliphatic rings. The fraction of sp³-hybridized carbons (Fsp3) is 0.158. The third kappa shape index (κ3) is 5.25. The molecular formula is C19H18ClNO3. The molecule has 2 aromatic carbocycles. The summed E-state index contributed by atoms with van der Waals surface area (Å²) < 4.78 is 5.11. The topological polar surface area (TPSA) is 55.4 Å². The molecule has 1 amide bonds. The maximum Gasteiger partial charge on any atom is 0.331 e. The summed E-state index contributed by atoms with van der Waals surface area (Å²) in [5.41, 5.74) is 2.34. The van der Waals surface area contributed by atoms with E-state index in [0.29, 0.717) is 10.7 Å². The Morgan fingerprint density at radius 2 is 1.88 bits per heavy atom. The van der Waals surface area contributed by atoms with Gasteiger partial charge in [0.25, 0.3) is 5.91 Å². The molecule has 0 bridgehead atoms. The van der Waals surface area contributed by atoms with Crippen molar-refractivity contribution in [3.8, 4) is 0 Å². The van der Waals surface area contributed by atoms with Crippen LogP contribution in [-0.2, 0) is 14.3 Å². The number of esters is 1. The van der Waals surface area contributed by atoms with Crippen LogP contribution in [0.1, 0.15) is 18.1 Å². The van der Waals surface area contributed by atoms with E-state index in [2.05, 4.69) is 5.32 Å². The lowest BCUT2D eigenvalue weighted by atomic mass is 10.2. The number of hydrogen-bond acceptors (Lipinski definition) is 3.